The second-order valence-electron chi connectivity index (χ2n) is 17.1. The molecule has 2 atom stereocenters. The Morgan fingerprint density at radius 1 is 0.453 bits per heavy atom. The number of hydrogen-bond donors (Lipinski definition) is 0. The van der Waals surface area contributed by atoms with Crippen molar-refractivity contribution in [1.29, 1.82) is 0 Å². The van der Waals surface area contributed by atoms with Gasteiger partial charge in [-0.2, -0.15) is 0 Å². The van der Waals surface area contributed by atoms with Crippen LogP contribution in [-0.2, 0) is 0 Å². The fraction of sp³-hybridized carbons (Fsp3) is 0.0645. The molecule has 0 spiro atoms. The highest BCUT2D eigenvalue weighted by Crippen LogP contribution is 2.45. The maximum absolute atomic E-state index is 2.55. The van der Waals surface area contributed by atoms with Crippen LogP contribution < -0.4 is 4.90 Å². The van der Waals surface area contributed by atoms with E-state index in [-0.39, 0.29) is 12.0 Å². The highest BCUT2D eigenvalue weighted by Gasteiger charge is 2.28. The van der Waals surface area contributed by atoms with Crippen LogP contribution in [0.25, 0.3) is 72.0 Å². The van der Waals surface area contributed by atoms with E-state index in [9.17, 15) is 0 Å². The molecular formula is C62H46N2. The maximum atomic E-state index is 2.55. The van der Waals surface area contributed by atoms with Crippen molar-refractivity contribution in [1.82, 2.24) is 4.57 Å². The molecule has 64 heavy (non-hydrogen) atoms. The summed E-state index contributed by atoms with van der Waals surface area (Å²) in [6, 6.07) is 78.0. The van der Waals surface area contributed by atoms with Crippen molar-refractivity contribution in [3.05, 3.63) is 259 Å². The number of anilines is 2. The minimum atomic E-state index is 0.126. The van der Waals surface area contributed by atoms with E-state index in [1.54, 1.807) is 0 Å². The van der Waals surface area contributed by atoms with Crippen LogP contribution in [0.5, 0.6) is 0 Å². The highest BCUT2D eigenvalue weighted by atomic mass is 15.2. The Bertz CT molecular complexity index is 3430. The lowest BCUT2D eigenvalue weighted by atomic mass is 9.83. The van der Waals surface area contributed by atoms with Gasteiger partial charge >= 0.3 is 0 Å². The van der Waals surface area contributed by atoms with Crippen LogP contribution in [0.15, 0.2) is 237 Å². The normalized spacial score (nSPS) is 15.7. The molecule has 1 aromatic heterocycles. The van der Waals surface area contributed by atoms with Gasteiger partial charge in [0.2, 0.25) is 0 Å². The minimum absolute atomic E-state index is 0.126. The molecule has 0 amide bonds. The van der Waals surface area contributed by atoms with Crippen LogP contribution in [-0.4, -0.2) is 10.6 Å². The van der Waals surface area contributed by atoms with Crippen molar-refractivity contribution in [2.45, 2.75) is 24.8 Å². The monoisotopic (exact) mass is 818 g/mol. The number of hydrogen-bond acceptors (Lipinski definition) is 1. The smallest absolute Gasteiger partial charge is 0.0560 e. The van der Waals surface area contributed by atoms with E-state index in [1.165, 1.54) is 99.7 Å². The Balaban J connectivity index is 0.916. The van der Waals surface area contributed by atoms with Gasteiger partial charge in [0, 0.05) is 28.4 Å². The molecule has 0 radical (unpaired) electrons. The van der Waals surface area contributed by atoms with Crippen molar-refractivity contribution in [2.75, 3.05) is 4.90 Å². The zero-order valence-corrected chi connectivity index (χ0v) is 35.6. The second kappa shape index (κ2) is 16.1. The third kappa shape index (κ3) is 6.67. The molecule has 0 saturated carbocycles. The Labute approximate surface area is 375 Å². The summed E-state index contributed by atoms with van der Waals surface area (Å²) < 4.78 is 2.44. The summed E-state index contributed by atoms with van der Waals surface area (Å²) in [4.78, 5) is 2.55. The molecule has 2 unspecified atom stereocenters. The summed E-state index contributed by atoms with van der Waals surface area (Å²) in [7, 11) is 0. The van der Waals surface area contributed by atoms with Gasteiger partial charge in [-0.1, -0.05) is 194 Å². The van der Waals surface area contributed by atoms with Gasteiger partial charge in [0.15, 0.2) is 0 Å². The van der Waals surface area contributed by atoms with Crippen molar-refractivity contribution in [3.63, 3.8) is 0 Å². The van der Waals surface area contributed by atoms with Crippen LogP contribution in [0.1, 0.15) is 41.1 Å². The van der Waals surface area contributed by atoms with E-state index in [0.717, 1.165) is 12.8 Å². The van der Waals surface area contributed by atoms with E-state index in [2.05, 4.69) is 252 Å². The molecule has 1 heterocycles. The summed E-state index contributed by atoms with van der Waals surface area (Å²) in [5, 5.41) is 6.42. The van der Waals surface area contributed by atoms with Crippen molar-refractivity contribution in [2.24, 2.45) is 0 Å². The molecule has 0 saturated heterocycles. The summed E-state index contributed by atoms with van der Waals surface area (Å²) in [6.07, 6.45) is 13.7. The quantitative estimate of drug-likeness (QED) is 0.148. The van der Waals surface area contributed by atoms with Crippen molar-refractivity contribution >= 4 is 55.5 Å². The number of nitrogens with zero attached hydrogens (tertiary/aromatic N) is 2. The van der Waals surface area contributed by atoms with Crippen LogP contribution in [0.2, 0.25) is 0 Å². The fourth-order valence-corrected chi connectivity index (χ4v) is 10.4. The summed E-state index contributed by atoms with van der Waals surface area (Å²) in [5.74, 6) is 0.218. The van der Waals surface area contributed by atoms with Crippen molar-refractivity contribution in [3.8, 4) is 27.9 Å². The van der Waals surface area contributed by atoms with Crippen LogP contribution in [0.3, 0.4) is 0 Å². The lowest BCUT2D eigenvalue weighted by Gasteiger charge is -2.34. The lowest BCUT2D eigenvalue weighted by molar-refractivity contribution is 0.781. The Morgan fingerprint density at radius 3 is 1.80 bits per heavy atom. The van der Waals surface area contributed by atoms with Gasteiger partial charge in [0.05, 0.1) is 17.3 Å². The number of fused-ring (bicyclic) bond motifs is 5. The third-order valence-corrected chi connectivity index (χ3v) is 13.5. The van der Waals surface area contributed by atoms with E-state index >= 15 is 0 Å². The SMILES string of the molecule is C1=Cc2c(c3ccccc3n2-c2ccccc2)C(c2cccc(N(c3ccc(-c4ccc(-c5cccc6ccccc56)cc4)cc3)C3C=CC(c4cccc5ccccc45)=CC3)c2)C1. The van der Waals surface area contributed by atoms with Gasteiger partial charge in [-0.15, -0.1) is 0 Å². The molecule has 9 aromatic carbocycles. The minimum Gasteiger partial charge on any atom is -0.334 e. The molecule has 304 valence electrons. The molecule has 2 aliphatic rings. The predicted molar refractivity (Wildman–Crippen MR) is 272 cm³/mol. The first kappa shape index (κ1) is 37.8. The molecule has 10 aromatic rings. The third-order valence-electron chi connectivity index (χ3n) is 13.5. The Hall–Kier alpha value is -7.94. The molecule has 2 heteroatoms. The summed E-state index contributed by atoms with van der Waals surface area (Å²) in [6.45, 7) is 0. The molecule has 2 aliphatic carbocycles. The molecule has 0 bridgehead atoms. The molecule has 0 N–H and O–H groups in total. The number of aromatic nitrogens is 1. The maximum Gasteiger partial charge on any atom is 0.0560 e. The van der Waals surface area contributed by atoms with Gasteiger partial charge in [-0.25, -0.2) is 0 Å². The summed E-state index contributed by atoms with van der Waals surface area (Å²) in [5.41, 5.74) is 16.3. The highest BCUT2D eigenvalue weighted by molar-refractivity contribution is 5.98. The van der Waals surface area contributed by atoms with Crippen LogP contribution in [0, 0.1) is 0 Å². The first-order valence-corrected chi connectivity index (χ1v) is 22.5. The van der Waals surface area contributed by atoms with Gasteiger partial charge < -0.3 is 9.47 Å². The van der Waals surface area contributed by atoms with Gasteiger partial charge in [0.25, 0.3) is 0 Å². The van der Waals surface area contributed by atoms with Gasteiger partial charge in [0.1, 0.15) is 0 Å². The van der Waals surface area contributed by atoms with E-state index in [0.29, 0.717) is 0 Å². The van der Waals surface area contributed by atoms with E-state index in [4.69, 9.17) is 0 Å². The topological polar surface area (TPSA) is 8.17 Å². The molecule has 0 fully saturated rings. The first-order valence-electron chi connectivity index (χ1n) is 22.5. The van der Waals surface area contributed by atoms with Crippen molar-refractivity contribution < 1.29 is 0 Å². The molecule has 0 aliphatic heterocycles. The van der Waals surface area contributed by atoms with Gasteiger partial charge in [-0.3, -0.25) is 0 Å². The zero-order valence-electron chi connectivity index (χ0n) is 35.6. The molecule has 2 nitrogen and oxygen atoms in total. The Kier molecular flexibility index (Phi) is 9.49. The van der Waals surface area contributed by atoms with Crippen LogP contribution in [0.4, 0.5) is 11.4 Å². The fourth-order valence-electron chi connectivity index (χ4n) is 10.4. The second-order valence-corrected chi connectivity index (χ2v) is 17.1. The average Bonchev–Trinajstić information content (AvgIpc) is 3.72. The first-order chi connectivity index (χ1) is 31.7. The number of rotatable bonds is 8. The van der Waals surface area contributed by atoms with E-state index in [1.807, 2.05) is 0 Å². The zero-order chi connectivity index (χ0) is 42.4. The average molecular weight is 819 g/mol. The van der Waals surface area contributed by atoms with E-state index < -0.39 is 0 Å². The summed E-state index contributed by atoms with van der Waals surface area (Å²) >= 11 is 0. The largest absolute Gasteiger partial charge is 0.334 e. The number of benzene rings is 9. The predicted octanol–water partition coefficient (Wildman–Crippen LogP) is 16.4. The lowest BCUT2D eigenvalue weighted by Crippen LogP contribution is -2.30. The number of allylic oxidation sites excluding steroid dienone is 3. The molecular weight excluding hydrogens is 773 g/mol. The van der Waals surface area contributed by atoms with Crippen LogP contribution >= 0.6 is 0 Å². The number of para-hydroxylation sites is 2. The molecule has 12 rings (SSSR count). The van der Waals surface area contributed by atoms with Gasteiger partial charge in [-0.05, 0) is 127 Å². The Morgan fingerprint density at radius 2 is 1.06 bits per heavy atom. The standard InChI is InChI=1S/C62H46N2/c1-2-19-50(20-3-1)64-60-28-9-8-24-59(60)62-58(27-13-29-61(62)64)49-18-10-21-53(42-49)63(52-40-36-48(37-41-52)57-26-12-17-46-15-5-7-23-55(46)57)51-38-34-44(35-39-51)43-30-32-47(33-31-43)56-25-11-16-45-14-4-6-22-54(45)56/h1-26,28-40,42,52,58H,27,41H2.